The molecule has 0 heterocycles. The highest BCUT2D eigenvalue weighted by Gasteiger charge is 2.09. The summed E-state index contributed by atoms with van der Waals surface area (Å²) in [5.41, 5.74) is 0.908. The van der Waals surface area contributed by atoms with Gasteiger partial charge in [0.05, 0.1) is 0 Å². The molecule has 0 aliphatic heterocycles. The number of hydrogen-bond donors (Lipinski definition) is 1. The van der Waals surface area contributed by atoms with E-state index in [0.29, 0.717) is 6.54 Å². The molecule has 90 valence electrons. The fraction of sp³-hybridized carbons (Fsp3) is 0.500. The molecule has 0 spiro atoms. The fourth-order valence-electron chi connectivity index (χ4n) is 1.43. The van der Waals surface area contributed by atoms with Crippen LogP contribution in [-0.2, 0) is 9.47 Å². The van der Waals surface area contributed by atoms with Crippen molar-refractivity contribution in [3.8, 4) is 0 Å². The minimum absolute atomic E-state index is 0.0588. The van der Waals surface area contributed by atoms with E-state index in [0.717, 1.165) is 5.56 Å². The standard InChI is InChI=1S/C12H18FNO2/c1-9(14-8-12(15-2)16-3)10-5-4-6-11(13)7-10/h4-7,9,12,14H,8H2,1-3H3. The third-order valence-electron chi connectivity index (χ3n) is 2.47. The molecule has 1 atom stereocenters. The van der Waals surface area contributed by atoms with E-state index < -0.39 is 0 Å². The molecule has 16 heavy (non-hydrogen) atoms. The number of nitrogens with one attached hydrogen (secondary N) is 1. The first-order valence-electron chi connectivity index (χ1n) is 5.21. The van der Waals surface area contributed by atoms with Crippen LogP contribution in [0.25, 0.3) is 0 Å². The van der Waals surface area contributed by atoms with Gasteiger partial charge in [0.15, 0.2) is 6.29 Å². The molecule has 0 aromatic heterocycles. The molecule has 1 aromatic carbocycles. The second-order valence-electron chi connectivity index (χ2n) is 3.59. The van der Waals surface area contributed by atoms with Gasteiger partial charge in [-0.2, -0.15) is 0 Å². The smallest absolute Gasteiger partial charge is 0.169 e. The molecule has 3 nitrogen and oxygen atoms in total. The van der Waals surface area contributed by atoms with E-state index in [2.05, 4.69) is 5.32 Å². The number of methoxy groups -OCH3 is 2. The molecule has 0 aliphatic rings. The first-order chi connectivity index (χ1) is 7.67. The molecular weight excluding hydrogens is 209 g/mol. The summed E-state index contributed by atoms with van der Waals surface area (Å²) in [5.74, 6) is -0.221. The lowest BCUT2D eigenvalue weighted by Crippen LogP contribution is -2.31. The summed E-state index contributed by atoms with van der Waals surface area (Å²) in [6.07, 6.45) is -0.281. The lowest BCUT2D eigenvalue weighted by atomic mass is 10.1. The van der Waals surface area contributed by atoms with Crippen molar-refractivity contribution >= 4 is 0 Å². The van der Waals surface area contributed by atoms with Crippen LogP contribution in [0.15, 0.2) is 24.3 Å². The SMILES string of the molecule is COC(CNC(C)c1cccc(F)c1)OC. The van der Waals surface area contributed by atoms with Crippen LogP contribution in [0.1, 0.15) is 18.5 Å². The van der Waals surface area contributed by atoms with Gasteiger partial charge in [-0.15, -0.1) is 0 Å². The lowest BCUT2D eigenvalue weighted by molar-refractivity contribution is -0.0997. The van der Waals surface area contributed by atoms with Crippen LogP contribution in [0.4, 0.5) is 4.39 Å². The summed E-state index contributed by atoms with van der Waals surface area (Å²) >= 11 is 0. The van der Waals surface area contributed by atoms with Crippen molar-refractivity contribution in [3.63, 3.8) is 0 Å². The highest BCUT2D eigenvalue weighted by Crippen LogP contribution is 2.13. The Balaban J connectivity index is 2.49. The number of benzene rings is 1. The summed E-state index contributed by atoms with van der Waals surface area (Å²) < 4.78 is 23.1. The summed E-state index contributed by atoms with van der Waals surface area (Å²) in [6.45, 7) is 2.53. The maximum absolute atomic E-state index is 13.0. The zero-order chi connectivity index (χ0) is 12.0. The van der Waals surface area contributed by atoms with Gasteiger partial charge < -0.3 is 14.8 Å². The average molecular weight is 227 g/mol. The van der Waals surface area contributed by atoms with Crippen molar-refractivity contribution in [1.82, 2.24) is 5.32 Å². The molecule has 1 aromatic rings. The molecular formula is C12H18FNO2. The zero-order valence-electron chi connectivity index (χ0n) is 9.87. The molecule has 0 radical (unpaired) electrons. The number of halogens is 1. The Morgan fingerprint density at radius 1 is 1.31 bits per heavy atom. The Kier molecular flexibility index (Phi) is 5.38. The Labute approximate surface area is 95.6 Å². The maximum Gasteiger partial charge on any atom is 0.169 e. The van der Waals surface area contributed by atoms with E-state index in [1.165, 1.54) is 12.1 Å². The first-order valence-corrected chi connectivity index (χ1v) is 5.21. The summed E-state index contributed by atoms with van der Waals surface area (Å²) in [7, 11) is 3.17. The van der Waals surface area contributed by atoms with Crippen LogP contribution in [0.3, 0.4) is 0 Å². The van der Waals surface area contributed by atoms with E-state index in [-0.39, 0.29) is 18.1 Å². The molecule has 0 saturated heterocycles. The van der Waals surface area contributed by atoms with Crippen molar-refractivity contribution in [2.75, 3.05) is 20.8 Å². The van der Waals surface area contributed by atoms with Gasteiger partial charge in [-0.1, -0.05) is 12.1 Å². The molecule has 0 fully saturated rings. The predicted molar refractivity (Wildman–Crippen MR) is 60.6 cm³/mol. The maximum atomic E-state index is 13.0. The molecule has 1 rings (SSSR count). The van der Waals surface area contributed by atoms with Gasteiger partial charge in [0.2, 0.25) is 0 Å². The van der Waals surface area contributed by atoms with Crippen LogP contribution in [-0.4, -0.2) is 27.1 Å². The predicted octanol–water partition coefficient (Wildman–Crippen LogP) is 2.10. The van der Waals surface area contributed by atoms with Crippen LogP contribution >= 0.6 is 0 Å². The molecule has 0 saturated carbocycles. The van der Waals surface area contributed by atoms with Crippen LogP contribution in [0, 0.1) is 5.82 Å². The number of rotatable bonds is 6. The average Bonchev–Trinajstić information content (AvgIpc) is 2.30. The van der Waals surface area contributed by atoms with Gasteiger partial charge in [0.1, 0.15) is 5.82 Å². The Morgan fingerprint density at radius 3 is 2.56 bits per heavy atom. The van der Waals surface area contributed by atoms with Gasteiger partial charge in [0.25, 0.3) is 0 Å². The molecule has 0 aliphatic carbocycles. The van der Waals surface area contributed by atoms with Gasteiger partial charge in [-0.3, -0.25) is 0 Å². The Bertz CT molecular complexity index is 316. The molecule has 4 heteroatoms. The topological polar surface area (TPSA) is 30.5 Å². The van der Waals surface area contributed by atoms with E-state index in [1.807, 2.05) is 13.0 Å². The first kappa shape index (κ1) is 13.1. The quantitative estimate of drug-likeness (QED) is 0.755. The Morgan fingerprint density at radius 2 is 2.00 bits per heavy atom. The number of hydrogen-bond acceptors (Lipinski definition) is 3. The van der Waals surface area contributed by atoms with Crippen molar-refractivity contribution in [1.29, 1.82) is 0 Å². The van der Waals surface area contributed by atoms with Gasteiger partial charge in [-0.25, -0.2) is 4.39 Å². The third-order valence-corrected chi connectivity index (χ3v) is 2.47. The second kappa shape index (κ2) is 6.58. The number of ether oxygens (including phenoxy) is 2. The monoisotopic (exact) mass is 227 g/mol. The third kappa shape index (κ3) is 3.89. The second-order valence-corrected chi connectivity index (χ2v) is 3.59. The van der Waals surface area contributed by atoms with E-state index in [1.54, 1.807) is 20.3 Å². The molecule has 1 unspecified atom stereocenters. The molecule has 0 bridgehead atoms. The van der Waals surface area contributed by atoms with E-state index in [4.69, 9.17) is 9.47 Å². The highest BCUT2D eigenvalue weighted by atomic mass is 19.1. The molecule has 1 N–H and O–H groups in total. The molecule has 0 amide bonds. The van der Waals surface area contributed by atoms with Crippen molar-refractivity contribution in [2.24, 2.45) is 0 Å². The van der Waals surface area contributed by atoms with Crippen molar-refractivity contribution in [3.05, 3.63) is 35.6 Å². The van der Waals surface area contributed by atoms with Crippen LogP contribution in [0.2, 0.25) is 0 Å². The van der Waals surface area contributed by atoms with Gasteiger partial charge in [0, 0.05) is 26.8 Å². The summed E-state index contributed by atoms with van der Waals surface area (Å²) in [5, 5.41) is 3.21. The summed E-state index contributed by atoms with van der Waals surface area (Å²) in [6, 6.07) is 6.60. The fourth-order valence-corrected chi connectivity index (χ4v) is 1.43. The van der Waals surface area contributed by atoms with E-state index in [9.17, 15) is 4.39 Å². The highest BCUT2D eigenvalue weighted by molar-refractivity contribution is 5.19. The van der Waals surface area contributed by atoms with Crippen LogP contribution < -0.4 is 5.32 Å². The minimum Gasteiger partial charge on any atom is -0.355 e. The minimum atomic E-state index is -0.281. The Hall–Kier alpha value is -0.970. The van der Waals surface area contributed by atoms with Gasteiger partial charge in [-0.05, 0) is 24.6 Å². The normalized spacial score (nSPS) is 13.1. The summed E-state index contributed by atoms with van der Waals surface area (Å²) in [4.78, 5) is 0. The van der Waals surface area contributed by atoms with Gasteiger partial charge >= 0.3 is 0 Å². The lowest BCUT2D eigenvalue weighted by Gasteiger charge is -2.18. The van der Waals surface area contributed by atoms with Crippen molar-refractivity contribution < 1.29 is 13.9 Å². The largest absolute Gasteiger partial charge is 0.355 e. The van der Waals surface area contributed by atoms with E-state index >= 15 is 0 Å². The zero-order valence-corrected chi connectivity index (χ0v) is 9.87. The van der Waals surface area contributed by atoms with Crippen LogP contribution in [0.5, 0.6) is 0 Å². The van der Waals surface area contributed by atoms with Crippen molar-refractivity contribution in [2.45, 2.75) is 19.3 Å².